The molecule has 2 aliphatic heterocycles. The first-order valence-electron chi connectivity index (χ1n) is 5.49. The van der Waals surface area contributed by atoms with E-state index in [4.69, 9.17) is 10.5 Å². The molecule has 2 heterocycles. The van der Waals surface area contributed by atoms with Gasteiger partial charge in [-0.25, -0.2) is 0 Å². The smallest absolute Gasteiger partial charge is 0.142 e. The number of nitrogens with two attached hydrogens (primary N) is 1. The van der Waals surface area contributed by atoms with Crippen molar-refractivity contribution >= 4 is 5.69 Å². The molecule has 3 rings (SSSR count). The van der Waals surface area contributed by atoms with Crippen LogP contribution >= 0.6 is 0 Å². The Labute approximate surface area is 89.8 Å². The van der Waals surface area contributed by atoms with Crippen LogP contribution in [0.15, 0.2) is 18.2 Å². The maximum Gasteiger partial charge on any atom is 0.142 e. The molecule has 0 radical (unpaired) electrons. The van der Waals surface area contributed by atoms with Crippen LogP contribution in [0.3, 0.4) is 0 Å². The molecule has 3 heteroatoms. The predicted octanol–water partition coefficient (Wildman–Crippen LogP) is 1.16. The Morgan fingerprint density at radius 2 is 2.33 bits per heavy atom. The molecular formula is C12H16N2O. The largest absolute Gasteiger partial charge is 0.495 e. The van der Waals surface area contributed by atoms with Crippen LogP contribution in [0.1, 0.15) is 12.0 Å². The minimum Gasteiger partial charge on any atom is -0.495 e. The second kappa shape index (κ2) is 3.14. The predicted molar refractivity (Wildman–Crippen MR) is 60.4 cm³/mol. The average molecular weight is 204 g/mol. The third-order valence-electron chi connectivity index (χ3n) is 3.62. The molecule has 80 valence electrons. The van der Waals surface area contributed by atoms with Crippen LogP contribution in [-0.4, -0.2) is 25.7 Å². The van der Waals surface area contributed by atoms with Gasteiger partial charge in [0.15, 0.2) is 0 Å². The molecule has 0 aliphatic carbocycles. The van der Waals surface area contributed by atoms with Crippen molar-refractivity contribution in [2.75, 3.05) is 18.6 Å². The van der Waals surface area contributed by atoms with E-state index in [1.807, 2.05) is 6.07 Å². The normalized spacial score (nSPS) is 27.7. The summed E-state index contributed by atoms with van der Waals surface area (Å²) in [7, 11) is 1.74. The minimum atomic E-state index is 0.321. The summed E-state index contributed by atoms with van der Waals surface area (Å²) in [6.45, 7) is 1.07. The minimum absolute atomic E-state index is 0.321. The van der Waals surface area contributed by atoms with E-state index in [9.17, 15) is 0 Å². The Kier molecular flexibility index (Phi) is 1.89. The summed E-state index contributed by atoms with van der Waals surface area (Å²) >= 11 is 0. The molecule has 2 N–H and O–H groups in total. The number of para-hydroxylation sites is 1. The molecular weight excluding hydrogens is 188 g/mol. The van der Waals surface area contributed by atoms with E-state index in [2.05, 4.69) is 17.0 Å². The van der Waals surface area contributed by atoms with Gasteiger partial charge in [0.05, 0.1) is 12.8 Å². The zero-order chi connectivity index (χ0) is 10.4. The van der Waals surface area contributed by atoms with Crippen LogP contribution in [0.2, 0.25) is 0 Å². The van der Waals surface area contributed by atoms with Gasteiger partial charge in [0.1, 0.15) is 5.75 Å². The number of hydrogen-bond acceptors (Lipinski definition) is 3. The fourth-order valence-corrected chi connectivity index (χ4v) is 2.87. The van der Waals surface area contributed by atoms with Gasteiger partial charge in [-0.3, -0.25) is 0 Å². The number of rotatable bonds is 1. The van der Waals surface area contributed by atoms with Gasteiger partial charge >= 0.3 is 0 Å². The Morgan fingerprint density at radius 1 is 1.47 bits per heavy atom. The summed E-state index contributed by atoms with van der Waals surface area (Å²) in [4.78, 5) is 2.42. The Morgan fingerprint density at radius 3 is 3.13 bits per heavy atom. The van der Waals surface area contributed by atoms with Gasteiger partial charge in [-0.15, -0.1) is 0 Å². The van der Waals surface area contributed by atoms with E-state index in [1.165, 1.54) is 11.3 Å². The Hall–Kier alpha value is -1.22. The first-order chi connectivity index (χ1) is 7.31. The lowest BCUT2D eigenvalue weighted by molar-refractivity contribution is 0.415. The third kappa shape index (κ3) is 1.16. The van der Waals surface area contributed by atoms with Gasteiger partial charge < -0.3 is 15.4 Å². The molecule has 0 spiro atoms. The molecule has 1 aromatic carbocycles. The quantitative estimate of drug-likeness (QED) is 0.746. The average Bonchev–Trinajstić information content (AvgIpc) is 2.78. The summed E-state index contributed by atoms with van der Waals surface area (Å²) < 4.78 is 5.42. The lowest BCUT2D eigenvalue weighted by Crippen LogP contribution is -2.37. The van der Waals surface area contributed by atoms with E-state index in [1.54, 1.807) is 7.11 Å². The standard InChI is InChI=1S/C12H16N2O/c1-15-11-4-2-3-8-7-10-9(13)5-6-14(10)12(8)11/h2-4,9-10H,5-7,13H2,1H3. The fourth-order valence-electron chi connectivity index (χ4n) is 2.87. The zero-order valence-electron chi connectivity index (χ0n) is 8.94. The van der Waals surface area contributed by atoms with Gasteiger partial charge in [0.25, 0.3) is 0 Å². The van der Waals surface area contributed by atoms with Crippen molar-refractivity contribution in [3.8, 4) is 5.75 Å². The van der Waals surface area contributed by atoms with Gasteiger partial charge in [-0.05, 0) is 24.5 Å². The highest BCUT2D eigenvalue weighted by molar-refractivity contribution is 5.69. The molecule has 15 heavy (non-hydrogen) atoms. The summed E-state index contributed by atoms with van der Waals surface area (Å²) in [5, 5.41) is 0. The first kappa shape index (κ1) is 9.04. The van der Waals surface area contributed by atoms with Crippen LogP contribution in [0.4, 0.5) is 5.69 Å². The molecule has 1 fully saturated rings. The van der Waals surface area contributed by atoms with Crippen LogP contribution < -0.4 is 15.4 Å². The molecule has 2 unspecified atom stereocenters. The van der Waals surface area contributed by atoms with Gasteiger partial charge in [-0.2, -0.15) is 0 Å². The van der Waals surface area contributed by atoms with E-state index in [0.29, 0.717) is 12.1 Å². The number of methoxy groups -OCH3 is 1. The summed E-state index contributed by atoms with van der Waals surface area (Å²) in [5.74, 6) is 0.990. The fraction of sp³-hybridized carbons (Fsp3) is 0.500. The highest BCUT2D eigenvalue weighted by Gasteiger charge is 2.39. The number of nitrogens with zero attached hydrogens (tertiary/aromatic N) is 1. The highest BCUT2D eigenvalue weighted by Crippen LogP contribution is 2.43. The summed E-state index contributed by atoms with van der Waals surface area (Å²) in [5.41, 5.74) is 8.77. The number of fused-ring (bicyclic) bond motifs is 3. The van der Waals surface area contributed by atoms with Crippen molar-refractivity contribution in [2.24, 2.45) is 5.73 Å². The SMILES string of the molecule is COc1cccc2c1N1CCC(N)C1C2. The van der Waals surface area contributed by atoms with Crippen molar-refractivity contribution in [3.05, 3.63) is 23.8 Å². The molecule has 0 amide bonds. The summed E-state index contributed by atoms with van der Waals surface area (Å²) in [6, 6.07) is 7.10. The Bertz CT molecular complexity index is 391. The summed E-state index contributed by atoms with van der Waals surface area (Å²) in [6.07, 6.45) is 2.18. The lowest BCUT2D eigenvalue weighted by Gasteiger charge is -2.21. The monoisotopic (exact) mass is 204 g/mol. The molecule has 0 saturated carbocycles. The van der Waals surface area contributed by atoms with E-state index in [-0.39, 0.29) is 0 Å². The van der Waals surface area contributed by atoms with Gasteiger partial charge in [0.2, 0.25) is 0 Å². The second-order valence-corrected chi connectivity index (χ2v) is 4.39. The zero-order valence-corrected chi connectivity index (χ0v) is 8.94. The molecule has 0 bridgehead atoms. The molecule has 1 aromatic rings. The Balaban J connectivity index is 2.07. The van der Waals surface area contributed by atoms with Gasteiger partial charge in [-0.1, -0.05) is 12.1 Å². The first-order valence-corrected chi connectivity index (χ1v) is 5.49. The maximum absolute atomic E-state index is 6.11. The van der Waals surface area contributed by atoms with E-state index < -0.39 is 0 Å². The lowest BCUT2D eigenvalue weighted by atomic mass is 10.0. The molecule has 2 atom stereocenters. The second-order valence-electron chi connectivity index (χ2n) is 4.39. The van der Waals surface area contributed by atoms with E-state index >= 15 is 0 Å². The molecule has 1 saturated heterocycles. The molecule has 3 nitrogen and oxygen atoms in total. The van der Waals surface area contributed by atoms with Crippen molar-refractivity contribution in [1.82, 2.24) is 0 Å². The maximum atomic E-state index is 6.11. The van der Waals surface area contributed by atoms with Crippen molar-refractivity contribution in [2.45, 2.75) is 24.9 Å². The van der Waals surface area contributed by atoms with Crippen LogP contribution in [0.5, 0.6) is 5.75 Å². The number of anilines is 1. The van der Waals surface area contributed by atoms with E-state index in [0.717, 1.165) is 25.1 Å². The molecule has 0 aromatic heterocycles. The van der Waals surface area contributed by atoms with Gasteiger partial charge in [0, 0.05) is 18.6 Å². The van der Waals surface area contributed by atoms with Crippen molar-refractivity contribution in [3.63, 3.8) is 0 Å². The topological polar surface area (TPSA) is 38.5 Å². The number of hydrogen-bond donors (Lipinski definition) is 1. The number of ether oxygens (including phenoxy) is 1. The highest BCUT2D eigenvalue weighted by atomic mass is 16.5. The van der Waals surface area contributed by atoms with Crippen LogP contribution in [0, 0.1) is 0 Å². The number of benzene rings is 1. The van der Waals surface area contributed by atoms with Crippen LogP contribution in [-0.2, 0) is 6.42 Å². The molecule has 2 aliphatic rings. The van der Waals surface area contributed by atoms with Crippen molar-refractivity contribution < 1.29 is 4.74 Å². The van der Waals surface area contributed by atoms with Crippen molar-refractivity contribution in [1.29, 1.82) is 0 Å². The van der Waals surface area contributed by atoms with Crippen LogP contribution in [0.25, 0.3) is 0 Å². The third-order valence-corrected chi connectivity index (χ3v) is 3.62.